The molecule has 12 heavy (non-hydrogen) atoms. The van der Waals surface area contributed by atoms with Gasteiger partial charge < -0.3 is 5.32 Å². The molecule has 2 aliphatic carbocycles. The number of nitrogens with one attached hydrogen (secondary N) is 1. The van der Waals surface area contributed by atoms with Gasteiger partial charge in [0, 0.05) is 6.04 Å². The van der Waals surface area contributed by atoms with E-state index in [-0.39, 0.29) is 0 Å². The molecule has 0 aliphatic heterocycles. The fourth-order valence-electron chi connectivity index (χ4n) is 2.26. The maximum Gasteiger partial charge on any atom is 0.00978 e. The van der Waals surface area contributed by atoms with Crippen LogP contribution in [0.3, 0.4) is 0 Å². The van der Waals surface area contributed by atoms with Crippen molar-refractivity contribution in [3.63, 3.8) is 0 Å². The summed E-state index contributed by atoms with van der Waals surface area (Å²) in [5.74, 6) is 2.13. The summed E-state index contributed by atoms with van der Waals surface area (Å²) in [5.41, 5.74) is 0. The van der Waals surface area contributed by atoms with Gasteiger partial charge in [-0.1, -0.05) is 26.2 Å². The van der Waals surface area contributed by atoms with E-state index in [2.05, 4.69) is 12.2 Å². The van der Waals surface area contributed by atoms with Crippen LogP contribution in [0.4, 0.5) is 0 Å². The minimum Gasteiger partial charge on any atom is -0.314 e. The average molecular weight is 167 g/mol. The Morgan fingerprint density at radius 1 is 1.25 bits per heavy atom. The zero-order valence-electron chi connectivity index (χ0n) is 8.18. The molecule has 1 atom stereocenters. The fraction of sp³-hybridized carbons (Fsp3) is 1.00. The quantitative estimate of drug-likeness (QED) is 0.663. The number of hydrogen-bond donors (Lipinski definition) is 1. The van der Waals surface area contributed by atoms with Crippen LogP contribution in [0.1, 0.15) is 45.4 Å². The Morgan fingerprint density at radius 2 is 2.00 bits per heavy atom. The van der Waals surface area contributed by atoms with Gasteiger partial charge in [-0.25, -0.2) is 0 Å². The molecule has 0 radical (unpaired) electrons. The van der Waals surface area contributed by atoms with Crippen molar-refractivity contribution in [2.75, 3.05) is 6.54 Å². The third-order valence-electron chi connectivity index (χ3n) is 3.47. The molecule has 0 aromatic heterocycles. The van der Waals surface area contributed by atoms with Crippen LogP contribution in [-0.2, 0) is 0 Å². The maximum absolute atomic E-state index is 3.66. The van der Waals surface area contributed by atoms with Crippen molar-refractivity contribution in [1.82, 2.24) is 5.32 Å². The van der Waals surface area contributed by atoms with Gasteiger partial charge in [0.15, 0.2) is 0 Å². The second-order valence-electron chi connectivity index (χ2n) is 4.53. The van der Waals surface area contributed by atoms with Gasteiger partial charge in [-0.3, -0.25) is 0 Å². The Hall–Kier alpha value is -0.0400. The first-order valence-electron chi connectivity index (χ1n) is 5.63. The third-order valence-corrected chi connectivity index (χ3v) is 3.47. The van der Waals surface area contributed by atoms with Crippen LogP contribution in [0.2, 0.25) is 0 Å². The van der Waals surface area contributed by atoms with E-state index in [1.54, 1.807) is 0 Å². The lowest BCUT2D eigenvalue weighted by molar-refractivity contribution is 0.216. The van der Waals surface area contributed by atoms with Crippen LogP contribution in [0.15, 0.2) is 0 Å². The Labute approximate surface area is 75.9 Å². The lowest BCUT2D eigenvalue weighted by Crippen LogP contribution is -2.39. The lowest BCUT2D eigenvalue weighted by Gasteiger charge is -2.34. The normalized spacial score (nSPS) is 26.8. The molecule has 2 aliphatic rings. The molecular weight excluding hydrogens is 146 g/mol. The highest BCUT2D eigenvalue weighted by atomic mass is 14.9. The standard InChI is InChI=1S/C11H21N/c1-2-12-11(8-9-6-7-9)10-4-3-5-10/h9-12H,2-8H2,1H3. The Bertz CT molecular complexity index is 136. The zero-order chi connectivity index (χ0) is 8.39. The van der Waals surface area contributed by atoms with Gasteiger partial charge in [-0.15, -0.1) is 0 Å². The van der Waals surface area contributed by atoms with Gasteiger partial charge in [0.05, 0.1) is 0 Å². The zero-order valence-corrected chi connectivity index (χ0v) is 8.18. The molecule has 1 heteroatoms. The van der Waals surface area contributed by atoms with Crippen molar-refractivity contribution >= 4 is 0 Å². The monoisotopic (exact) mass is 167 g/mol. The Kier molecular flexibility index (Phi) is 2.69. The molecule has 0 amide bonds. The van der Waals surface area contributed by atoms with E-state index in [1.807, 2.05) is 0 Å². The first-order valence-corrected chi connectivity index (χ1v) is 5.63. The van der Waals surface area contributed by atoms with Crippen LogP contribution in [0.25, 0.3) is 0 Å². The van der Waals surface area contributed by atoms with Gasteiger partial charge in [0.25, 0.3) is 0 Å². The molecule has 0 bridgehead atoms. The highest BCUT2D eigenvalue weighted by Crippen LogP contribution is 2.39. The van der Waals surface area contributed by atoms with E-state index in [1.165, 1.54) is 38.5 Å². The molecular formula is C11H21N. The van der Waals surface area contributed by atoms with Crippen molar-refractivity contribution in [3.05, 3.63) is 0 Å². The summed E-state index contributed by atoms with van der Waals surface area (Å²) < 4.78 is 0. The molecule has 0 aromatic rings. The summed E-state index contributed by atoms with van der Waals surface area (Å²) in [4.78, 5) is 0. The summed E-state index contributed by atoms with van der Waals surface area (Å²) in [5, 5.41) is 3.66. The highest BCUT2D eigenvalue weighted by Gasteiger charge is 2.32. The topological polar surface area (TPSA) is 12.0 Å². The second-order valence-corrected chi connectivity index (χ2v) is 4.53. The van der Waals surface area contributed by atoms with Gasteiger partial charge in [-0.05, 0) is 37.6 Å². The molecule has 0 heterocycles. The number of rotatable bonds is 5. The SMILES string of the molecule is CCNC(CC1CC1)C1CCC1. The minimum atomic E-state index is 0.872. The maximum atomic E-state index is 3.66. The molecule has 1 N–H and O–H groups in total. The molecule has 0 saturated heterocycles. The average Bonchev–Trinajstić information content (AvgIpc) is 2.68. The smallest absolute Gasteiger partial charge is 0.00978 e. The van der Waals surface area contributed by atoms with Crippen molar-refractivity contribution in [3.8, 4) is 0 Å². The van der Waals surface area contributed by atoms with Gasteiger partial charge in [-0.2, -0.15) is 0 Å². The summed E-state index contributed by atoms with van der Waals surface area (Å²) in [6.07, 6.45) is 8.95. The highest BCUT2D eigenvalue weighted by molar-refractivity contribution is 4.87. The van der Waals surface area contributed by atoms with Crippen LogP contribution in [0, 0.1) is 11.8 Å². The predicted molar refractivity (Wildman–Crippen MR) is 52.1 cm³/mol. The predicted octanol–water partition coefficient (Wildman–Crippen LogP) is 2.56. The van der Waals surface area contributed by atoms with Crippen LogP contribution in [-0.4, -0.2) is 12.6 Å². The third kappa shape index (κ3) is 2.01. The van der Waals surface area contributed by atoms with E-state index in [0.717, 1.165) is 24.4 Å². The second kappa shape index (κ2) is 3.78. The van der Waals surface area contributed by atoms with Crippen LogP contribution < -0.4 is 5.32 Å². The molecule has 0 aromatic carbocycles. The van der Waals surface area contributed by atoms with Crippen molar-refractivity contribution in [2.24, 2.45) is 11.8 Å². The molecule has 0 spiro atoms. The molecule has 2 rings (SSSR count). The Balaban J connectivity index is 1.74. The molecule has 1 nitrogen and oxygen atoms in total. The summed E-state index contributed by atoms with van der Waals surface area (Å²) in [6.45, 7) is 3.40. The van der Waals surface area contributed by atoms with E-state index in [0.29, 0.717) is 0 Å². The van der Waals surface area contributed by atoms with Gasteiger partial charge >= 0.3 is 0 Å². The Morgan fingerprint density at radius 3 is 2.42 bits per heavy atom. The van der Waals surface area contributed by atoms with Gasteiger partial charge in [0.1, 0.15) is 0 Å². The van der Waals surface area contributed by atoms with E-state index < -0.39 is 0 Å². The first kappa shape index (κ1) is 8.55. The van der Waals surface area contributed by atoms with Crippen molar-refractivity contribution in [1.29, 1.82) is 0 Å². The summed E-state index contributed by atoms with van der Waals surface area (Å²) >= 11 is 0. The molecule has 1 unspecified atom stereocenters. The molecule has 2 saturated carbocycles. The number of hydrogen-bond acceptors (Lipinski definition) is 1. The van der Waals surface area contributed by atoms with E-state index in [9.17, 15) is 0 Å². The lowest BCUT2D eigenvalue weighted by atomic mass is 9.78. The molecule has 2 fully saturated rings. The van der Waals surface area contributed by atoms with E-state index in [4.69, 9.17) is 0 Å². The largest absolute Gasteiger partial charge is 0.314 e. The molecule has 70 valence electrons. The van der Waals surface area contributed by atoms with E-state index >= 15 is 0 Å². The van der Waals surface area contributed by atoms with Crippen LogP contribution in [0.5, 0.6) is 0 Å². The minimum absolute atomic E-state index is 0.872. The summed E-state index contributed by atoms with van der Waals surface area (Å²) in [7, 11) is 0. The van der Waals surface area contributed by atoms with Gasteiger partial charge in [0.2, 0.25) is 0 Å². The first-order chi connectivity index (χ1) is 5.90. The summed E-state index contributed by atoms with van der Waals surface area (Å²) in [6, 6.07) is 0.872. The van der Waals surface area contributed by atoms with Crippen molar-refractivity contribution in [2.45, 2.75) is 51.5 Å². The van der Waals surface area contributed by atoms with Crippen molar-refractivity contribution < 1.29 is 0 Å². The van der Waals surface area contributed by atoms with Crippen LogP contribution >= 0.6 is 0 Å². The fourth-order valence-corrected chi connectivity index (χ4v) is 2.26.